The second-order valence-electron chi connectivity index (χ2n) is 6.70. The smallest absolute Gasteiger partial charge is 0.340 e. The number of halogens is 1. The predicted molar refractivity (Wildman–Crippen MR) is 111 cm³/mol. The average Bonchev–Trinajstić information content (AvgIpc) is 2.96. The lowest BCUT2D eigenvalue weighted by Crippen LogP contribution is -2.24. The van der Waals surface area contributed by atoms with Crippen LogP contribution in [0.15, 0.2) is 83.6 Å². The topological polar surface area (TPSA) is 46.6 Å². The lowest BCUT2D eigenvalue weighted by Gasteiger charge is -2.20. The van der Waals surface area contributed by atoms with Gasteiger partial charge in [-0.15, -0.1) is 0 Å². The van der Waals surface area contributed by atoms with Crippen molar-refractivity contribution < 1.29 is 18.7 Å². The first-order chi connectivity index (χ1) is 14.0. The number of methoxy groups -OCH3 is 1. The number of esters is 1. The van der Waals surface area contributed by atoms with E-state index in [0.717, 1.165) is 10.8 Å². The van der Waals surface area contributed by atoms with Crippen LogP contribution in [0.4, 0.5) is 10.1 Å². The van der Waals surface area contributed by atoms with Crippen LogP contribution in [0.5, 0.6) is 0 Å². The van der Waals surface area contributed by atoms with Crippen LogP contribution in [0.1, 0.15) is 12.5 Å². The Morgan fingerprint density at radius 2 is 1.76 bits per heavy atom. The maximum atomic E-state index is 13.6. The van der Waals surface area contributed by atoms with Crippen molar-refractivity contribution >= 4 is 34.4 Å². The summed E-state index contributed by atoms with van der Waals surface area (Å²) in [4.78, 5) is 27.4. The van der Waals surface area contributed by atoms with E-state index in [1.165, 1.54) is 30.2 Å². The van der Waals surface area contributed by atoms with Gasteiger partial charge in [0.1, 0.15) is 5.82 Å². The molecule has 0 fully saturated rings. The molecule has 0 unspecified atom stereocenters. The van der Waals surface area contributed by atoms with Crippen LogP contribution in [0, 0.1) is 5.82 Å². The number of allylic oxidation sites excluding steroid dienone is 1. The van der Waals surface area contributed by atoms with Gasteiger partial charge in [0.25, 0.3) is 5.91 Å². The molecule has 0 N–H and O–H groups in total. The maximum Gasteiger partial charge on any atom is 0.340 e. The highest BCUT2D eigenvalue weighted by atomic mass is 19.1. The number of nitrogens with zero attached hydrogens (tertiary/aromatic N) is 1. The zero-order valence-corrected chi connectivity index (χ0v) is 16.0. The number of benzene rings is 3. The van der Waals surface area contributed by atoms with Gasteiger partial charge < -0.3 is 4.74 Å². The highest BCUT2D eigenvalue weighted by molar-refractivity contribution is 6.25. The number of hydrogen-bond acceptors (Lipinski definition) is 3. The van der Waals surface area contributed by atoms with E-state index in [4.69, 9.17) is 4.74 Å². The molecule has 3 aromatic carbocycles. The Kier molecular flexibility index (Phi) is 4.72. The monoisotopic (exact) mass is 387 g/mol. The second-order valence-corrected chi connectivity index (χ2v) is 6.70. The zero-order chi connectivity index (χ0) is 20.5. The van der Waals surface area contributed by atoms with Gasteiger partial charge >= 0.3 is 5.97 Å². The molecule has 0 spiro atoms. The highest BCUT2D eigenvalue weighted by Gasteiger charge is 2.38. The molecule has 0 radical (unpaired) electrons. The van der Waals surface area contributed by atoms with E-state index in [1.807, 2.05) is 42.5 Å². The first-order valence-electron chi connectivity index (χ1n) is 9.10. The molecule has 29 heavy (non-hydrogen) atoms. The molecule has 144 valence electrons. The van der Waals surface area contributed by atoms with Crippen molar-refractivity contribution in [3.63, 3.8) is 0 Å². The molecule has 1 amide bonds. The number of amides is 1. The van der Waals surface area contributed by atoms with E-state index < -0.39 is 11.8 Å². The molecule has 4 rings (SSSR count). The minimum absolute atomic E-state index is 0.174. The fourth-order valence-electron chi connectivity index (χ4n) is 3.64. The van der Waals surface area contributed by atoms with Crippen molar-refractivity contribution in [1.82, 2.24) is 0 Å². The number of rotatable bonds is 3. The zero-order valence-electron chi connectivity index (χ0n) is 16.0. The Morgan fingerprint density at radius 1 is 1.03 bits per heavy atom. The number of ether oxygens (including phenoxy) is 1. The van der Waals surface area contributed by atoms with Gasteiger partial charge in [0.2, 0.25) is 0 Å². The standard InChI is InChI=1S/C24H18FNO3/c1-15-22(24(28)29-2)20(14-16-7-5-10-18(25)13-16)23(27)26(15)21-12-6-9-17-8-3-4-11-19(17)21/h3-14H,1-2H3/b20-14-. The van der Waals surface area contributed by atoms with Gasteiger partial charge in [-0.05, 0) is 42.1 Å². The lowest BCUT2D eigenvalue weighted by molar-refractivity contribution is -0.136. The van der Waals surface area contributed by atoms with E-state index in [-0.39, 0.29) is 17.1 Å². The van der Waals surface area contributed by atoms with E-state index in [9.17, 15) is 14.0 Å². The highest BCUT2D eigenvalue weighted by Crippen LogP contribution is 2.38. The van der Waals surface area contributed by atoms with E-state index >= 15 is 0 Å². The van der Waals surface area contributed by atoms with Gasteiger partial charge in [-0.2, -0.15) is 0 Å². The maximum absolute atomic E-state index is 13.6. The predicted octanol–water partition coefficient (Wildman–Crippen LogP) is 4.86. The molecule has 1 heterocycles. The van der Waals surface area contributed by atoms with E-state index in [0.29, 0.717) is 16.9 Å². The summed E-state index contributed by atoms with van der Waals surface area (Å²) < 4.78 is 18.6. The summed E-state index contributed by atoms with van der Waals surface area (Å²) in [6, 6.07) is 19.2. The van der Waals surface area contributed by atoms with Gasteiger partial charge in [-0.1, -0.05) is 48.5 Å². The van der Waals surface area contributed by atoms with E-state index in [1.54, 1.807) is 19.1 Å². The lowest BCUT2D eigenvalue weighted by atomic mass is 10.0. The molecule has 3 aromatic rings. The van der Waals surface area contributed by atoms with Gasteiger partial charge in [-0.25, -0.2) is 9.18 Å². The van der Waals surface area contributed by atoms with Crippen LogP contribution in [-0.2, 0) is 14.3 Å². The van der Waals surface area contributed by atoms with Crippen molar-refractivity contribution in [2.45, 2.75) is 6.92 Å². The van der Waals surface area contributed by atoms with E-state index in [2.05, 4.69) is 0 Å². The summed E-state index contributed by atoms with van der Waals surface area (Å²) in [5, 5.41) is 1.87. The number of anilines is 1. The van der Waals surface area contributed by atoms with Crippen molar-refractivity contribution in [2.24, 2.45) is 0 Å². The molecular formula is C24H18FNO3. The molecular weight excluding hydrogens is 369 g/mol. The molecule has 4 nitrogen and oxygen atoms in total. The molecule has 0 aromatic heterocycles. The van der Waals surface area contributed by atoms with Crippen LogP contribution in [0.2, 0.25) is 0 Å². The molecule has 0 aliphatic carbocycles. The van der Waals surface area contributed by atoms with Crippen LogP contribution in [-0.4, -0.2) is 19.0 Å². The fourth-order valence-corrected chi connectivity index (χ4v) is 3.64. The Hall–Kier alpha value is -3.73. The summed E-state index contributed by atoms with van der Waals surface area (Å²) >= 11 is 0. The van der Waals surface area contributed by atoms with Gasteiger partial charge in [-0.3, -0.25) is 9.69 Å². The second kappa shape index (κ2) is 7.36. The SMILES string of the molecule is COC(=O)C1=C(C)N(c2cccc3ccccc23)C(=O)/C1=C\c1cccc(F)c1. The first kappa shape index (κ1) is 18.6. The molecule has 5 heteroatoms. The Balaban J connectivity index is 1.92. The Labute approximate surface area is 167 Å². The van der Waals surface area contributed by atoms with Crippen molar-refractivity contribution in [1.29, 1.82) is 0 Å². The Bertz CT molecular complexity index is 1200. The Morgan fingerprint density at radius 3 is 2.52 bits per heavy atom. The molecule has 0 saturated heterocycles. The van der Waals surface area contributed by atoms with Crippen LogP contribution in [0.3, 0.4) is 0 Å². The summed E-state index contributed by atoms with van der Waals surface area (Å²) in [6.07, 6.45) is 1.52. The third kappa shape index (κ3) is 3.21. The number of carbonyl (C=O) groups excluding carboxylic acids is 2. The normalized spacial score (nSPS) is 15.5. The largest absolute Gasteiger partial charge is 0.465 e. The molecule has 0 bridgehead atoms. The van der Waals surface area contributed by atoms with Crippen LogP contribution >= 0.6 is 0 Å². The summed E-state index contributed by atoms with van der Waals surface area (Å²) in [7, 11) is 1.27. The van der Waals surface area contributed by atoms with Crippen LogP contribution < -0.4 is 4.90 Å². The van der Waals surface area contributed by atoms with Gasteiger partial charge in [0.15, 0.2) is 0 Å². The third-order valence-corrected chi connectivity index (χ3v) is 4.96. The minimum Gasteiger partial charge on any atom is -0.465 e. The fraction of sp³-hybridized carbons (Fsp3) is 0.0833. The quantitative estimate of drug-likeness (QED) is 0.476. The summed E-state index contributed by atoms with van der Waals surface area (Å²) in [5.41, 5.74) is 1.99. The number of fused-ring (bicyclic) bond motifs is 1. The molecule has 1 aliphatic rings. The van der Waals surface area contributed by atoms with Gasteiger partial charge in [0.05, 0.1) is 23.9 Å². The number of carbonyl (C=O) groups is 2. The van der Waals surface area contributed by atoms with Crippen molar-refractivity contribution in [2.75, 3.05) is 12.0 Å². The van der Waals surface area contributed by atoms with Crippen LogP contribution in [0.25, 0.3) is 16.8 Å². The summed E-state index contributed by atoms with van der Waals surface area (Å²) in [6.45, 7) is 1.71. The van der Waals surface area contributed by atoms with Crippen molar-refractivity contribution in [3.8, 4) is 0 Å². The molecule has 1 aliphatic heterocycles. The van der Waals surface area contributed by atoms with Gasteiger partial charge in [0, 0.05) is 11.1 Å². The molecule has 0 atom stereocenters. The van der Waals surface area contributed by atoms with Crippen molar-refractivity contribution in [3.05, 3.63) is 95.0 Å². The summed E-state index contributed by atoms with van der Waals surface area (Å²) in [5.74, 6) is -1.39. The minimum atomic E-state index is -0.610. The third-order valence-electron chi connectivity index (χ3n) is 4.96. The number of hydrogen-bond donors (Lipinski definition) is 0. The first-order valence-corrected chi connectivity index (χ1v) is 9.10. The molecule has 0 saturated carbocycles. The average molecular weight is 387 g/mol.